The Bertz CT molecular complexity index is 2210. The van der Waals surface area contributed by atoms with Crippen LogP contribution in [0.5, 0.6) is 17.2 Å². The molecule has 51 heavy (non-hydrogen) atoms. The number of esters is 2. The molecule has 0 bridgehead atoms. The number of carbonyl (C=O) groups is 2. The van der Waals surface area contributed by atoms with Gasteiger partial charge in [0.05, 0.1) is 50.7 Å². The minimum Gasteiger partial charge on any atom is -0.490 e. The largest absolute Gasteiger partial charge is 0.490 e. The van der Waals surface area contributed by atoms with Crippen LogP contribution in [0.25, 0.3) is 6.08 Å². The van der Waals surface area contributed by atoms with E-state index in [0.29, 0.717) is 37.7 Å². The van der Waals surface area contributed by atoms with Gasteiger partial charge in [0, 0.05) is 21.3 Å². The van der Waals surface area contributed by atoms with Gasteiger partial charge in [0.1, 0.15) is 12.4 Å². The summed E-state index contributed by atoms with van der Waals surface area (Å²) in [6.07, 6.45) is 1.73. The number of halogens is 2. The molecule has 4 aromatic rings. The third-order valence-electron chi connectivity index (χ3n) is 7.53. The van der Waals surface area contributed by atoms with E-state index in [1.54, 1.807) is 57.2 Å². The number of hydrogen-bond donors (Lipinski definition) is 0. The van der Waals surface area contributed by atoms with E-state index in [-0.39, 0.29) is 43.4 Å². The number of carbonyl (C=O) groups excluding carboxylic acids is 2. The summed E-state index contributed by atoms with van der Waals surface area (Å²) in [6.45, 7) is 5.39. The van der Waals surface area contributed by atoms with Gasteiger partial charge in [-0.3, -0.25) is 19.5 Å². The van der Waals surface area contributed by atoms with Crippen LogP contribution >= 0.6 is 56.5 Å². The van der Waals surface area contributed by atoms with Crippen LogP contribution in [0.15, 0.2) is 75.7 Å². The Morgan fingerprint density at radius 1 is 1.02 bits per heavy atom. The van der Waals surface area contributed by atoms with E-state index in [2.05, 4.69) is 54.9 Å². The summed E-state index contributed by atoms with van der Waals surface area (Å²) in [5.74, 6) is -0.0619. The monoisotopic (exact) mass is 939 g/mol. The molecule has 0 fully saturated rings. The molecule has 1 aliphatic rings. The van der Waals surface area contributed by atoms with Gasteiger partial charge in [0.25, 0.3) is 11.2 Å². The molecule has 13 nitrogen and oxygen atoms in total. The highest BCUT2D eigenvalue weighted by Crippen LogP contribution is 2.37. The zero-order valence-corrected chi connectivity index (χ0v) is 32.9. The topological polar surface area (TPSA) is 158 Å². The molecule has 0 aliphatic carbocycles. The Kier molecular flexibility index (Phi) is 12.5. The van der Waals surface area contributed by atoms with E-state index in [0.717, 1.165) is 12.7 Å². The predicted octanol–water partition coefficient (Wildman–Crippen LogP) is 5.45. The van der Waals surface area contributed by atoms with E-state index < -0.39 is 28.5 Å². The van der Waals surface area contributed by atoms with Crippen molar-refractivity contribution in [3.05, 3.63) is 120 Å². The smallest absolute Gasteiger partial charge is 0.343 e. The van der Waals surface area contributed by atoms with Crippen molar-refractivity contribution in [2.24, 2.45) is 4.99 Å². The number of allylic oxidation sites excluding steroid dienone is 1. The second kappa shape index (κ2) is 16.8. The van der Waals surface area contributed by atoms with Gasteiger partial charge < -0.3 is 23.7 Å². The Labute approximate surface area is 323 Å². The minimum absolute atomic E-state index is 0.0183. The van der Waals surface area contributed by atoms with Crippen LogP contribution in [-0.4, -0.2) is 48.4 Å². The minimum atomic E-state index is -0.926. The first-order valence-electron chi connectivity index (χ1n) is 15.5. The van der Waals surface area contributed by atoms with Crippen molar-refractivity contribution in [1.82, 2.24) is 4.57 Å². The summed E-state index contributed by atoms with van der Waals surface area (Å²) in [6, 6.07) is 14.0. The van der Waals surface area contributed by atoms with E-state index in [9.17, 15) is 24.5 Å². The second-order valence-corrected chi connectivity index (χ2v) is 14.2. The highest BCUT2D eigenvalue weighted by molar-refractivity contribution is 14.1. The third kappa shape index (κ3) is 8.61. The van der Waals surface area contributed by atoms with E-state index in [1.807, 2.05) is 12.1 Å². The lowest BCUT2D eigenvalue weighted by Gasteiger charge is -2.25. The third-order valence-corrected chi connectivity index (χ3v) is 9.93. The number of non-ortho nitro benzene ring substituents is 1. The summed E-state index contributed by atoms with van der Waals surface area (Å²) in [5.41, 5.74) is 2.08. The highest BCUT2D eigenvalue weighted by atomic mass is 127. The van der Waals surface area contributed by atoms with Gasteiger partial charge >= 0.3 is 11.9 Å². The zero-order valence-electron chi connectivity index (χ0n) is 27.8. The van der Waals surface area contributed by atoms with Crippen LogP contribution in [0.1, 0.15) is 43.5 Å². The van der Waals surface area contributed by atoms with Gasteiger partial charge in [-0.15, -0.1) is 0 Å². The number of nitrogens with zero attached hydrogens (tertiary/aromatic N) is 3. The van der Waals surface area contributed by atoms with Gasteiger partial charge in [-0.05, 0) is 120 Å². The van der Waals surface area contributed by atoms with Crippen LogP contribution in [-0.2, 0) is 25.7 Å². The first-order valence-corrected chi connectivity index (χ1v) is 18.4. The molecular weight excluding hydrogens is 908 g/mol. The van der Waals surface area contributed by atoms with Crippen LogP contribution in [0.2, 0.25) is 0 Å². The number of ether oxygens (including phenoxy) is 5. The lowest BCUT2D eigenvalue weighted by molar-refractivity contribution is -0.384. The maximum Gasteiger partial charge on any atom is 0.343 e. The van der Waals surface area contributed by atoms with Crippen molar-refractivity contribution in [3.8, 4) is 17.2 Å². The average molecular weight is 940 g/mol. The van der Waals surface area contributed by atoms with Crippen molar-refractivity contribution in [2.75, 3.05) is 26.9 Å². The molecule has 0 unspecified atom stereocenters. The van der Waals surface area contributed by atoms with Crippen molar-refractivity contribution in [3.63, 3.8) is 0 Å². The predicted molar refractivity (Wildman–Crippen MR) is 205 cm³/mol. The number of benzene rings is 3. The van der Waals surface area contributed by atoms with Crippen LogP contribution in [0, 0.1) is 17.3 Å². The van der Waals surface area contributed by atoms with E-state index in [4.69, 9.17) is 18.9 Å². The lowest BCUT2D eigenvalue weighted by atomic mass is 9.95. The average Bonchev–Trinajstić information content (AvgIpc) is 3.40. The number of methoxy groups -OCH3 is 1. The Morgan fingerprint density at radius 3 is 2.43 bits per heavy atom. The Balaban J connectivity index is 1.62. The Hall–Kier alpha value is -4.30. The summed E-state index contributed by atoms with van der Waals surface area (Å²) in [5, 5.41) is 11.1. The quantitative estimate of drug-likeness (QED) is 0.0732. The van der Waals surface area contributed by atoms with Gasteiger partial charge in [0.2, 0.25) is 0 Å². The van der Waals surface area contributed by atoms with Gasteiger partial charge in [-0.25, -0.2) is 14.6 Å². The molecule has 0 N–H and O–H groups in total. The SMILES string of the molecule is CCOC(=O)C1=C(C)N=c2s/c(=C/c3cc(I)cc(I)c3OCc3ccc([N+](=O)[O-])cc3)c(=O)n2[C@H]1c1ccc(OCC(=O)OC)c(OCC)c1. The lowest BCUT2D eigenvalue weighted by Crippen LogP contribution is -2.40. The molecule has 1 aliphatic heterocycles. The number of nitro groups is 1. The molecule has 5 rings (SSSR count). The molecule has 266 valence electrons. The molecule has 1 atom stereocenters. The van der Waals surface area contributed by atoms with Crippen molar-refractivity contribution >= 4 is 80.2 Å². The van der Waals surface area contributed by atoms with E-state index >= 15 is 0 Å². The molecule has 1 aromatic heterocycles. The van der Waals surface area contributed by atoms with Crippen LogP contribution in [0.3, 0.4) is 0 Å². The number of nitro benzene ring substituents is 1. The van der Waals surface area contributed by atoms with Crippen molar-refractivity contribution in [2.45, 2.75) is 33.4 Å². The molecule has 3 aromatic carbocycles. The van der Waals surface area contributed by atoms with Crippen LogP contribution in [0.4, 0.5) is 5.69 Å². The molecule has 16 heteroatoms. The standard InChI is InChI=1S/C35H31I2N3O10S/c1-5-47-27-14-21(9-12-26(27)49-18-29(41)46-4)31-30(34(43)48-6-2)19(3)38-35-39(31)33(42)28(51-35)15-22-13-23(36)16-25(37)32(22)50-17-20-7-10-24(11-8-20)40(44)45/h7-16,31H,5-6,17-18H2,1-4H3/b28-15+/t31-/m0/s1. The number of thiazole rings is 1. The molecular formula is C35H31I2N3O10S. The summed E-state index contributed by atoms with van der Waals surface area (Å²) in [7, 11) is 1.26. The first kappa shape index (κ1) is 37.9. The molecule has 2 heterocycles. The molecule has 0 saturated heterocycles. The summed E-state index contributed by atoms with van der Waals surface area (Å²) in [4.78, 5) is 55.2. The maximum absolute atomic E-state index is 14.4. The molecule has 0 amide bonds. The summed E-state index contributed by atoms with van der Waals surface area (Å²) < 4.78 is 31.4. The van der Waals surface area contributed by atoms with Crippen molar-refractivity contribution in [1.29, 1.82) is 0 Å². The zero-order chi connectivity index (χ0) is 36.8. The molecule has 0 spiro atoms. The molecule has 0 radical (unpaired) electrons. The first-order chi connectivity index (χ1) is 24.4. The van der Waals surface area contributed by atoms with Crippen molar-refractivity contribution < 1.29 is 38.2 Å². The fourth-order valence-electron chi connectivity index (χ4n) is 5.24. The highest BCUT2D eigenvalue weighted by Gasteiger charge is 2.34. The number of aromatic nitrogens is 1. The number of hydrogen-bond acceptors (Lipinski definition) is 12. The normalized spacial score (nSPS) is 14.0. The van der Waals surface area contributed by atoms with Gasteiger partial charge in [-0.2, -0.15) is 0 Å². The van der Waals surface area contributed by atoms with Gasteiger partial charge in [-0.1, -0.05) is 17.4 Å². The van der Waals surface area contributed by atoms with E-state index in [1.165, 1.54) is 35.1 Å². The number of rotatable bonds is 13. The fraction of sp³-hybridized carbons (Fsp3) is 0.257. The second-order valence-electron chi connectivity index (χ2n) is 10.8. The summed E-state index contributed by atoms with van der Waals surface area (Å²) >= 11 is 5.53. The number of fused-ring (bicyclic) bond motifs is 1. The fourth-order valence-corrected chi connectivity index (χ4v) is 8.32. The van der Waals surface area contributed by atoms with Gasteiger partial charge in [0.15, 0.2) is 22.9 Å². The maximum atomic E-state index is 14.4. The molecule has 0 saturated carbocycles. The Morgan fingerprint density at radius 2 is 1.76 bits per heavy atom. The van der Waals surface area contributed by atoms with Crippen LogP contribution < -0.4 is 29.1 Å².